The van der Waals surface area contributed by atoms with Gasteiger partial charge >= 0.3 is 6.17 Å². The number of H-pyrrole nitrogens is 1. The molecular weight excluding hydrogens is 168 g/mol. The summed E-state index contributed by atoms with van der Waals surface area (Å²) >= 11 is 0. The molecule has 0 aromatic carbocycles. The largest absolute Gasteiger partial charge is 0.507 e. The fraction of sp³-hybridized carbons (Fsp3) is 0.250. The highest BCUT2D eigenvalue weighted by atomic mass is 16.7. The van der Waals surface area contributed by atoms with Gasteiger partial charge in [-0.2, -0.15) is 0 Å². The molecule has 1 rings (SSSR count). The van der Waals surface area contributed by atoms with Crippen molar-refractivity contribution in [1.29, 1.82) is 0 Å². The molecular formula is C4H4N4O4. The summed E-state index contributed by atoms with van der Waals surface area (Å²) in [5.74, 6) is -0.273. The van der Waals surface area contributed by atoms with Crippen molar-refractivity contribution in [2.45, 2.75) is 6.17 Å². The van der Waals surface area contributed by atoms with E-state index in [1.54, 1.807) is 0 Å². The molecule has 0 fully saturated rings. The highest BCUT2D eigenvalue weighted by Gasteiger charge is 2.37. The van der Waals surface area contributed by atoms with E-state index in [1.165, 1.54) is 12.4 Å². The van der Waals surface area contributed by atoms with Crippen molar-refractivity contribution in [3.05, 3.63) is 38.4 Å². The van der Waals surface area contributed by atoms with Gasteiger partial charge < -0.3 is 4.98 Å². The number of nitrogens with one attached hydrogen (secondary N) is 1. The molecule has 0 atom stereocenters. The molecule has 8 nitrogen and oxygen atoms in total. The molecule has 1 heterocycles. The average Bonchev–Trinajstić information content (AvgIpc) is 2.37. The molecule has 0 saturated carbocycles. The fourth-order valence-electron chi connectivity index (χ4n) is 0.695. The zero-order chi connectivity index (χ0) is 9.14. The quantitative estimate of drug-likeness (QED) is 0.390. The smallest absolute Gasteiger partial charge is 0.336 e. The minimum absolute atomic E-state index is 0.273. The van der Waals surface area contributed by atoms with Crippen LogP contribution < -0.4 is 0 Å². The minimum atomic E-state index is -2.00. The van der Waals surface area contributed by atoms with Crippen molar-refractivity contribution in [2.75, 3.05) is 0 Å². The molecule has 1 N–H and O–H groups in total. The Balaban J connectivity index is 2.96. The van der Waals surface area contributed by atoms with E-state index in [2.05, 4.69) is 9.97 Å². The van der Waals surface area contributed by atoms with E-state index in [0.717, 1.165) is 0 Å². The first kappa shape index (κ1) is 8.11. The number of rotatable bonds is 3. The number of nitro groups is 2. The van der Waals surface area contributed by atoms with Gasteiger partial charge in [-0.3, -0.25) is 20.2 Å². The van der Waals surface area contributed by atoms with Crippen LogP contribution in [0.3, 0.4) is 0 Å². The Morgan fingerprint density at radius 3 is 2.33 bits per heavy atom. The minimum Gasteiger partial charge on any atom is -0.336 e. The molecule has 0 bridgehead atoms. The predicted molar refractivity (Wildman–Crippen MR) is 35.3 cm³/mol. The van der Waals surface area contributed by atoms with E-state index in [4.69, 9.17) is 0 Å². The number of hydrogen-bond acceptors (Lipinski definition) is 5. The number of imidazole rings is 1. The molecule has 0 spiro atoms. The maximum absolute atomic E-state index is 10.1. The highest BCUT2D eigenvalue weighted by molar-refractivity contribution is 4.87. The van der Waals surface area contributed by atoms with E-state index in [1.807, 2.05) is 0 Å². The summed E-state index contributed by atoms with van der Waals surface area (Å²) in [6.45, 7) is 0. The molecule has 0 aliphatic carbocycles. The molecule has 1 aromatic rings. The van der Waals surface area contributed by atoms with Gasteiger partial charge in [0.15, 0.2) is 0 Å². The summed E-state index contributed by atoms with van der Waals surface area (Å²) in [5.41, 5.74) is 0. The van der Waals surface area contributed by atoms with Gasteiger partial charge in [0.05, 0.1) is 0 Å². The topological polar surface area (TPSA) is 115 Å². The summed E-state index contributed by atoms with van der Waals surface area (Å²) in [6.07, 6.45) is 0.505. The van der Waals surface area contributed by atoms with Crippen molar-refractivity contribution in [3.63, 3.8) is 0 Å². The number of hydrogen-bond donors (Lipinski definition) is 1. The standard InChI is InChI=1S/C4H4N4O4/c9-7(10)4(8(11)12)3-5-1-2-6-3/h1-2,4H,(H,5,6). The Labute approximate surface area is 65.5 Å². The lowest BCUT2D eigenvalue weighted by atomic mass is 10.5. The third kappa shape index (κ3) is 1.36. The van der Waals surface area contributed by atoms with Crippen LogP contribution in [0.1, 0.15) is 12.0 Å². The second kappa shape index (κ2) is 2.95. The first-order valence-electron chi connectivity index (χ1n) is 2.89. The molecule has 0 radical (unpaired) electrons. The second-order valence-corrected chi connectivity index (χ2v) is 1.92. The van der Waals surface area contributed by atoms with E-state index in [-0.39, 0.29) is 5.82 Å². The molecule has 0 aliphatic heterocycles. The first-order chi connectivity index (χ1) is 5.63. The molecule has 0 unspecified atom stereocenters. The second-order valence-electron chi connectivity index (χ2n) is 1.92. The Hall–Kier alpha value is -1.99. The van der Waals surface area contributed by atoms with E-state index in [0.29, 0.717) is 0 Å². The third-order valence-electron chi connectivity index (χ3n) is 1.16. The van der Waals surface area contributed by atoms with Gasteiger partial charge in [0.25, 0.3) is 5.82 Å². The first-order valence-corrected chi connectivity index (χ1v) is 2.89. The summed E-state index contributed by atoms with van der Waals surface area (Å²) in [6, 6.07) is 0. The maximum Gasteiger partial charge on any atom is 0.507 e. The lowest BCUT2D eigenvalue weighted by molar-refractivity contribution is -0.754. The Morgan fingerprint density at radius 2 is 2.00 bits per heavy atom. The molecule has 1 aromatic heterocycles. The van der Waals surface area contributed by atoms with Crippen LogP contribution in [-0.4, -0.2) is 19.8 Å². The summed E-state index contributed by atoms with van der Waals surface area (Å²) in [7, 11) is 0. The SMILES string of the molecule is O=[N+]([O-])C(c1ncc[nH]1)[N+](=O)[O-]. The highest BCUT2D eigenvalue weighted by Crippen LogP contribution is 2.10. The van der Waals surface area contributed by atoms with Crippen molar-refractivity contribution in [3.8, 4) is 0 Å². The third-order valence-corrected chi connectivity index (χ3v) is 1.16. The van der Waals surface area contributed by atoms with E-state index in [9.17, 15) is 20.2 Å². The zero-order valence-corrected chi connectivity index (χ0v) is 5.71. The van der Waals surface area contributed by atoms with E-state index < -0.39 is 16.0 Å². The van der Waals surface area contributed by atoms with Gasteiger partial charge in [-0.25, -0.2) is 4.98 Å². The normalized spacial score (nSPS) is 10.1. The summed E-state index contributed by atoms with van der Waals surface area (Å²) < 4.78 is 0. The van der Waals surface area contributed by atoms with Crippen molar-refractivity contribution < 1.29 is 9.85 Å². The average molecular weight is 172 g/mol. The maximum atomic E-state index is 10.1. The fourth-order valence-corrected chi connectivity index (χ4v) is 0.695. The lowest BCUT2D eigenvalue weighted by Crippen LogP contribution is -2.20. The Morgan fingerprint density at radius 1 is 1.42 bits per heavy atom. The van der Waals surface area contributed by atoms with Crippen LogP contribution in [0.4, 0.5) is 0 Å². The number of nitrogens with zero attached hydrogens (tertiary/aromatic N) is 3. The number of aromatic nitrogens is 2. The Kier molecular flexibility index (Phi) is 1.99. The zero-order valence-electron chi connectivity index (χ0n) is 5.71. The van der Waals surface area contributed by atoms with Crippen LogP contribution in [0.2, 0.25) is 0 Å². The molecule has 0 saturated heterocycles. The van der Waals surface area contributed by atoms with E-state index >= 15 is 0 Å². The lowest BCUT2D eigenvalue weighted by Gasteiger charge is -1.96. The van der Waals surface area contributed by atoms with Crippen LogP contribution >= 0.6 is 0 Å². The van der Waals surface area contributed by atoms with Crippen molar-refractivity contribution in [2.24, 2.45) is 0 Å². The summed E-state index contributed by atoms with van der Waals surface area (Å²) in [4.78, 5) is 24.0. The van der Waals surface area contributed by atoms with Gasteiger partial charge in [0, 0.05) is 12.4 Å². The van der Waals surface area contributed by atoms with Crippen LogP contribution in [0.5, 0.6) is 0 Å². The van der Waals surface area contributed by atoms with Crippen molar-refractivity contribution in [1.82, 2.24) is 9.97 Å². The van der Waals surface area contributed by atoms with Crippen LogP contribution in [-0.2, 0) is 0 Å². The van der Waals surface area contributed by atoms with Crippen molar-refractivity contribution >= 4 is 0 Å². The Bertz CT molecular complexity index is 280. The van der Waals surface area contributed by atoms with Gasteiger partial charge in [-0.05, 0) is 0 Å². The van der Waals surface area contributed by atoms with Crippen LogP contribution in [0.15, 0.2) is 12.4 Å². The van der Waals surface area contributed by atoms with Gasteiger partial charge in [-0.1, -0.05) is 0 Å². The molecule has 64 valence electrons. The van der Waals surface area contributed by atoms with Crippen LogP contribution in [0.25, 0.3) is 0 Å². The predicted octanol–water partition coefficient (Wildman–Crippen LogP) is -0.0383. The summed E-state index contributed by atoms with van der Waals surface area (Å²) in [5, 5.41) is 20.3. The number of aromatic amines is 1. The molecule has 8 heteroatoms. The molecule has 12 heavy (non-hydrogen) atoms. The van der Waals surface area contributed by atoms with Crippen LogP contribution in [0, 0.1) is 20.2 Å². The van der Waals surface area contributed by atoms with Gasteiger partial charge in [-0.15, -0.1) is 0 Å². The monoisotopic (exact) mass is 172 g/mol. The van der Waals surface area contributed by atoms with Gasteiger partial charge in [0.1, 0.15) is 9.85 Å². The molecule has 0 aliphatic rings. The molecule has 0 amide bonds. The van der Waals surface area contributed by atoms with Gasteiger partial charge in [0.2, 0.25) is 0 Å².